The van der Waals surface area contributed by atoms with E-state index in [1.165, 1.54) is 28.6 Å². The number of alkyl halides is 3. The third kappa shape index (κ3) is 4.20. The lowest BCUT2D eigenvalue weighted by Gasteiger charge is -2.32. The molecule has 1 saturated heterocycles. The largest absolute Gasteiger partial charge is 0.416 e. The Balaban J connectivity index is 1.43. The molecule has 2 aliphatic heterocycles. The van der Waals surface area contributed by atoms with Crippen LogP contribution < -0.4 is 0 Å². The maximum absolute atomic E-state index is 13.0. The molecule has 0 radical (unpaired) electrons. The van der Waals surface area contributed by atoms with E-state index in [0.717, 1.165) is 25.2 Å². The number of carbonyl (C=O) groups is 1. The highest BCUT2D eigenvalue weighted by molar-refractivity contribution is 8.00. The molecular weight excluding hydrogens is 469 g/mol. The number of amides is 1. The van der Waals surface area contributed by atoms with Gasteiger partial charge in [-0.25, -0.2) is 0 Å². The second kappa shape index (κ2) is 8.55. The molecule has 2 aromatic heterocycles. The fourth-order valence-corrected chi connectivity index (χ4v) is 4.66. The molecule has 178 valence electrons. The summed E-state index contributed by atoms with van der Waals surface area (Å²) in [5.74, 6) is 0.666. The fourth-order valence-electron chi connectivity index (χ4n) is 3.86. The van der Waals surface area contributed by atoms with Gasteiger partial charge in [-0.3, -0.25) is 9.48 Å². The molecule has 0 aliphatic carbocycles. The van der Waals surface area contributed by atoms with Crippen LogP contribution in [0.25, 0.3) is 22.8 Å². The minimum atomic E-state index is -4.40. The molecule has 9 nitrogen and oxygen atoms in total. The van der Waals surface area contributed by atoms with Crippen molar-refractivity contribution in [2.24, 2.45) is 12.1 Å². The van der Waals surface area contributed by atoms with Crippen molar-refractivity contribution in [3.63, 3.8) is 0 Å². The minimum Gasteiger partial charge on any atom is -0.335 e. The van der Waals surface area contributed by atoms with Gasteiger partial charge in [-0.2, -0.15) is 28.0 Å². The monoisotopic (exact) mass is 490 g/mol. The van der Waals surface area contributed by atoms with Gasteiger partial charge >= 0.3 is 6.18 Å². The highest BCUT2D eigenvalue weighted by Gasteiger charge is 2.31. The summed E-state index contributed by atoms with van der Waals surface area (Å²) in [5, 5.41) is 17.9. The standard InChI is InChI=1S/C21H21F3N8OS/c1-29-7-9-31(10-8-29)19(33)16-12-34-20-26-25-18(32(20)28-16)15-11-17(30(2)27-15)13-3-5-14(6-4-13)21(22,23)24/h3-6,11H,7-10,12H2,1-2H3. The number of thioether (sulfide) groups is 1. The zero-order valence-corrected chi connectivity index (χ0v) is 19.3. The lowest BCUT2D eigenvalue weighted by molar-refractivity contribution is -0.137. The topological polar surface area (TPSA) is 84.4 Å². The molecule has 0 saturated carbocycles. The zero-order valence-electron chi connectivity index (χ0n) is 18.5. The van der Waals surface area contributed by atoms with Crippen molar-refractivity contribution in [3.05, 3.63) is 35.9 Å². The van der Waals surface area contributed by atoms with Gasteiger partial charge < -0.3 is 9.80 Å². The van der Waals surface area contributed by atoms with Crippen LogP contribution in [0.2, 0.25) is 0 Å². The first-order valence-electron chi connectivity index (χ1n) is 10.6. The Morgan fingerprint density at radius 3 is 2.41 bits per heavy atom. The lowest BCUT2D eigenvalue weighted by Crippen LogP contribution is -2.50. The van der Waals surface area contributed by atoms with E-state index in [2.05, 4.69) is 25.3 Å². The molecule has 13 heteroatoms. The second-order valence-corrected chi connectivity index (χ2v) is 9.10. The van der Waals surface area contributed by atoms with Crippen molar-refractivity contribution in [2.45, 2.75) is 11.3 Å². The van der Waals surface area contributed by atoms with Gasteiger partial charge in [0.05, 0.1) is 17.0 Å². The number of nitrogens with zero attached hydrogens (tertiary/aromatic N) is 8. The zero-order chi connectivity index (χ0) is 24.0. The first-order valence-corrected chi connectivity index (χ1v) is 11.5. The molecule has 0 N–H and O–H groups in total. The van der Waals surface area contributed by atoms with Crippen LogP contribution >= 0.6 is 11.8 Å². The number of hydrogen-bond acceptors (Lipinski definition) is 7. The third-order valence-electron chi connectivity index (χ3n) is 5.83. The molecular formula is C21H21F3N8OS. The van der Waals surface area contributed by atoms with E-state index in [0.29, 0.717) is 52.5 Å². The van der Waals surface area contributed by atoms with Crippen LogP contribution in [0.3, 0.4) is 0 Å². The average molecular weight is 491 g/mol. The average Bonchev–Trinajstić information content (AvgIpc) is 3.41. The smallest absolute Gasteiger partial charge is 0.335 e. The Hall–Kier alpha value is -3.19. The van der Waals surface area contributed by atoms with Crippen LogP contribution in [0.4, 0.5) is 13.2 Å². The number of halogens is 3. The van der Waals surface area contributed by atoms with Gasteiger partial charge in [0.25, 0.3) is 5.91 Å². The minimum absolute atomic E-state index is 0.0997. The summed E-state index contributed by atoms with van der Waals surface area (Å²) in [5.41, 5.74) is 1.35. The van der Waals surface area contributed by atoms with Crippen molar-refractivity contribution in [2.75, 3.05) is 39.0 Å². The lowest BCUT2D eigenvalue weighted by atomic mass is 10.1. The highest BCUT2D eigenvalue weighted by atomic mass is 32.2. The number of hydrogen-bond donors (Lipinski definition) is 0. The fraction of sp³-hybridized carbons (Fsp3) is 0.381. The van der Waals surface area contributed by atoms with Gasteiger partial charge in [-0.05, 0) is 30.8 Å². The van der Waals surface area contributed by atoms with Gasteiger partial charge in [0.2, 0.25) is 11.0 Å². The molecule has 1 fully saturated rings. The van der Waals surface area contributed by atoms with Crippen LogP contribution in [0, 0.1) is 0 Å². The van der Waals surface area contributed by atoms with Crippen LogP contribution in [-0.2, 0) is 18.0 Å². The van der Waals surface area contributed by atoms with Gasteiger partial charge in [0, 0.05) is 33.2 Å². The molecule has 4 heterocycles. The number of aromatic nitrogens is 5. The van der Waals surface area contributed by atoms with Crippen molar-refractivity contribution in [1.82, 2.24) is 34.5 Å². The molecule has 0 unspecified atom stereocenters. The van der Waals surface area contributed by atoms with Crippen molar-refractivity contribution in [1.29, 1.82) is 0 Å². The number of benzene rings is 1. The molecule has 1 aromatic carbocycles. The SMILES string of the molecule is CN1CCN(C(=O)C2=Nn3c(nnc3-c3cc(-c4ccc(C(F)(F)F)cc4)n(C)n3)SC2)CC1. The maximum Gasteiger partial charge on any atom is 0.416 e. The van der Waals surface area contributed by atoms with E-state index in [4.69, 9.17) is 0 Å². The number of fused-ring (bicyclic) bond motifs is 1. The summed E-state index contributed by atoms with van der Waals surface area (Å²) >= 11 is 1.38. The first-order chi connectivity index (χ1) is 16.2. The van der Waals surface area contributed by atoms with E-state index in [9.17, 15) is 18.0 Å². The number of carbonyl (C=O) groups excluding carboxylic acids is 1. The first kappa shape index (κ1) is 22.6. The van der Waals surface area contributed by atoms with Crippen LogP contribution in [-0.4, -0.2) is 85.1 Å². The molecule has 5 rings (SSSR count). The molecule has 0 bridgehead atoms. The van der Waals surface area contributed by atoms with Gasteiger partial charge in [-0.1, -0.05) is 23.9 Å². The van der Waals surface area contributed by atoms with E-state index in [1.807, 2.05) is 7.05 Å². The van der Waals surface area contributed by atoms with Gasteiger partial charge in [-0.15, -0.1) is 10.2 Å². The van der Waals surface area contributed by atoms with E-state index in [-0.39, 0.29) is 5.91 Å². The molecule has 3 aromatic rings. The Morgan fingerprint density at radius 1 is 1.03 bits per heavy atom. The summed E-state index contributed by atoms with van der Waals surface area (Å²) < 4.78 is 41.8. The van der Waals surface area contributed by atoms with Crippen molar-refractivity contribution < 1.29 is 18.0 Å². The number of likely N-dealkylation sites (N-methyl/N-ethyl adjacent to an activating group) is 1. The quantitative estimate of drug-likeness (QED) is 0.561. The molecule has 1 amide bonds. The van der Waals surface area contributed by atoms with Crippen molar-refractivity contribution in [3.8, 4) is 22.8 Å². The van der Waals surface area contributed by atoms with E-state index >= 15 is 0 Å². The molecule has 0 spiro atoms. The Labute approximate surface area is 197 Å². The maximum atomic E-state index is 13.0. The molecule has 0 atom stereocenters. The predicted octanol–water partition coefficient (Wildman–Crippen LogP) is 2.45. The second-order valence-electron chi connectivity index (χ2n) is 8.16. The van der Waals surface area contributed by atoms with Crippen LogP contribution in [0.15, 0.2) is 40.6 Å². The molecule has 2 aliphatic rings. The van der Waals surface area contributed by atoms with Gasteiger partial charge in [0.15, 0.2) is 0 Å². The number of aryl methyl sites for hydroxylation is 1. The summed E-state index contributed by atoms with van der Waals surface area (Å²) in [4.78, 5) is 17.0. The summed E-state index contributed by atoms with van der Waals surface area (Å²) in [6, 6.07) is 6.61. The summed E-state index contributed by atoms with van der Waals surface area (Å²) in [6.45, 7) is 2.93. The number of rotatable bonds is 3. The van der Waals surface area contributed by atoms with E-state index < -0.39 is 11.7 Å². The third-order valence-corrected chi connectivity index (χ3v) is 6.76. The van der Waals surface area contributed by atoms with E-state index in [1.54, 1.807) is 22.7 Å². The Morgan fingerprint density at radius 2 is 1.74 bits per heavy atom. The number of piperazine rings is 1. The van der Waals surface area contributed by atoms with Gasteiger partial charge in [0.1, 0.15) is 11.4 Å². The molecule has 34 heavy (non-hydrogen) atoms. The highest BCUT2D eigenvalue weighted by Crippen LogP contribution is 2.33. The summed E-state index contributed by atoms with van der Waals surface area (Å²) in [6.07, 6.45) is -4.40. The van der Waals surface area contributed by atoms with Crippen LogP contribution in [0.1, 0.15) is 5.56 Å². The predicted molar refractivity (Wildman–Crippen MR) is 120 cm³/mol. The summed E-state index contributed by atoms with van der Waals surface area (Å²) in [7, 11) is 3.72. The van der Waals surface area contributed by atoms with Crippen LogP contribution in [0.5, 0.6) is 0 Å². The van der Waals surface area contributed by atoms with Crippen molar-refractivity contribution >= 4 is 23.4 Å². The Kier molecular flexibility index (Phi) is 5.68. The normalized spacial score (nSPS) is 17.0. The Bertz CT molecular complexity index is 1260.